The Hall–Kier alpha value is -1.39. The lowest BCUT2D eigenvalue weighted by molar-refractivity contribution is -0.132. The van der Waals surface area contributed by atoms with Crippen molar-refractivity contribution in [1.82, 2.24) is 5.06 Å². The summed E-state index contributed by atoms with van der Waals surface area (Å²) in [6.07, 6.45) is 5.22. The molecule has 4 nitrogen and oxygen atoms in total. The topological polar surface area (TPSA) is 60.8 Å². The van der Waals surface area contributed by atoms with E-state index in [1.54, 1.807) is 20.0 Å². The first kappa shape index (κ1) is 19.7. The van der Waals surface area contributed by atoms with E-state index in [0.717, 1.165) is 21.8 Å². The summed E-state index contributed by atoms with van der Waals surface area (Å²) in [7, 11) is 0. The van der Waals surface area contributed by atoms with Crippen LogP contribution in [0.15, 0.2) is 35.1 Å². The maximum Gasteiger partial charge on any atom is 0.186 e. The number of aliphatic hydroxyl groups excluding tert-OH is 1. The van der Waals surface area contributed by atoms with Crippen molar-refractivity contribution in [2.24, 2.45) is 10.8 Å². The second kappa shape index (κ2) is 6.25. The maximum absolute atomic E-state index is 12.8. The number of nitrogens with zero attached hydrogens (tertiary/aromatic N) is 1. The molecule has 0 saturated carbocycles. The molecule has 0 aromatic carbocycles. The average molecular weight is 321 g/mol. The van der Waals surface area contributed by atoms with Crippen LogP contribution in [0.4, 0.5) is 0 Å². The molecular formula is C19H31NO3. The molecule has 0 bridgehead atoms. The predicted molar refractivity (Wildman–Crippen MR) is 93.0 cm³/mol. The van der Waals surface area contributed by atoms with Crippen molar-refractivity contribution in [3.8, 4) is 0 Å². The summed E-state index contributed by atoms with van der Waals surface area (Å²) in [6, 6.07) is 0. The smallest absolute Gasteiger partial charge is 0.186 e. The highest BCUT2D eigenvalue weighted by atomic mass is 16.5. The molecule has 0 radical (unpaired) electrons. The Morgan fingerprint density at radius 3 is 1.65 bits per heavy atom. The molecule has 0 heterocycles. The summed E-state index contributed by atoms with van der Waals surface area (Å²) < 4.78 is 0. The Kier molecular flexibility index (Phi) is 5.34. The van der Waals surface area contributed by atoms with Gasteiger partial charge >= 0.3 is 0 Å². The van der Waals surface area contributed by atoms with E-state index in [2.05, 4.69) is 0 Å². The molecule has 4 heteroatoms. The van der Waals surface area contributed by atoms with Crippen LogP contribution in [0.1, 0.15) is 55.4 Å². The van der Waals surface area contributed by atoms with E-state index in [9.17, 15) is 15.1 Å². The Morgan fingerprint density at radius 1 is 0.957 bits per heavy atom. The molecule has 0 aromatic heterocycles. The van der Waals surface area contributed by atoms with Gasteiger partial charge in [-0.3, -0.25) is 15.1 Å². The number of aliphatic hydroxyl groups is 1. The van der Waals surface area contributed by atoms with E-state index < -0.39 is 5.54 Å². The fourth-order valence-corrected chi connectivity index (χ4v) is 2.23. The van der Waals surface area contributed by atoms with Crippen molar-refractivity contribution >= 4 is 5.78 Å². The van der Waals surface area contributed by atoms with E-state index in [1.807, 2.05) is 53.7 Å². The molecule has 0 fully saturated rings. The van der Waals surface area contributed by atoms with Crippen LogP contribution in [-0.4, -0.2) is 33.3 Å². The highest BCUT2D eigenvalue weighted by molar-refractivity contribution is 6.11. The van der Waals surface area contributed by atoms with Crippen LogP contribution in [-0.2, 0) is 4.79 Å². The fourth-order valence-electron chi connectivity index (χ4n) is 2.23. The molecule has 1 rings (SSSR count). The molecule has 0 aromatic rings. The second-order valence-corrected chi connectivity index (χ2v) is 8.89. The standard InChI is InChI=1S/C19H31NO3/c1-17(2,3)14-9-13(11-20(23)19(7,8)12-21)10-15(16(14)22)18(4,5)6/h9-11,21,23H,12H2,1-8H3. The number of carbonyl (C=O) groups is 1. The van der Waals surface area contributed by atoms with E-state index in [1.165, 1.54) is 0 Å². The number of Topliss-reactive ketones (excluding diaryl/α,β-unsaturated/α-hetero) is 1. The van der Waals surface area contributed by atoms with Gasteiger partial charge in [0.15, 0.2) is 5.78 Å². The Morgan fingerprint density at radius 2 is 1.35 bits per heavy atom. The molecule has 1 aliphatic carbocycles. The predicted octanol–water partition coefficient (Wildman–Crippen LogP) is 3.86. The average Bonchev–Trinajstić information content (AvgIpc) is 2.37. The highest BCUT2D eigenvalue weighted by Crippen LogP contribution is 2.39. The van der Waals surface area contributed by atoms with Crippen LogP contribution in [0, 0.1) is 10.8 Å². The van der Waals surface area contributed by atoms with Crippen LogP contribution >= 0.6 is 0 Å². The number of hydroxylamine groups is 2. The number of rotatable bonds is 3. The molecule has 0 saturated heterocycles. The van der Waals surface area contributed by atoms with Gasteiger partial charge in [0.05, 0.1) is 12.1 Å². The molecule has 0 amide bonds. The number of carbonyl (C=O) groups excluding carboxylic acids is 1. The first-order valence-corrected chi connectivity index (χ1v) is 8.00. The summed E-state index contributed by atoms with van der Waals surface area (Å²) >= 11 is 0. The second-order valence-electron chi connectivity index (χ2n) is 8.89. The van der Waals surface area contributed by atoms with Gasteiger partial charge in [0, 0.05) is 17.3 Å². The summed E-state index contributed by atoms with van der Waals surface area (Å²) in [5.41, 5.74) is 0.850. The van der Waals surface area contributed by atoms with Gasteiger partial charge in [0.2, 0.25) is 0 Å². The van der Waals surface area contributed by atoms with Crippen molar-refractivity contribution in [2.75, 3.05) is 6.61 Å². The van der Waals surface area contributed by atoms with Gasteiger partial charge in [-0.25, -0.2) is 0 Å². The lowest BCUT2D eigenvalue weighted by Gasteiger charge is -2.33. The van der Waals surface area contributed by atoms with Crippen molar-refractivity contribution in [3.63, 3.8) is 0 Å². The van der Waals surface area contributed by atoms with Gasteiger partial charge < -0.3 is 5.11 Å². The molecular weight excluding hydrogens is 290 g/mol. The molecule has 0 atom stereocenters. The third-order valence-electron chi connectivity index (χ3n) is 4.01. The Labute approximate surface area is 140 Å². The van der Waals surface area contributed by atoms with E-state index in [0.29, 0.717) is 0 Å². The monoisotopic (exact) mass is 321 g/mol. The third kappa shape index (κ3) is 4.55. The zero-order chi connectivity index (χ0) is 18.2. The van der Waals surface area contributed by atoms with Crippen LogP contribution < -0.4 is 0 Å². The van der Waals surface area contributed by atoms with Crippen LogP contribution in [0.2, 0.25) is 0 Å². The summed E-state index contributed by atoms with van der Waals surface area (Å²) in [5.74, 6) is 0.0630. The van der Waals surface area contributed by atoms with Gasteiger partial charge in [-0.15, -0.1) is 0 Å². The number of allylic oxidation sites excluding steroid dienone is 5. The zero-order valence-corrected chi connectivity index (χ0v) is 15.7. The number of ketones is 1. The number of hydrogen-bond acceptors (Lipinski definition) is 4. The van der Waals surface area contributed by atoms with Gasteiger partial charge in [0.25, 0.3) is 0 Å². The first-order chi connectivity index (χ1) is 10.2. The first-order valence-electron chi connectivity index (χ1n) is 8.00. The van der Waals surface area contributed by atoms with Gasteiger partial charge in [0.1, 0.15) is 0 Å². The van der Waals surface area contributed by atoms with Gasteiger partial charge in [-0.2, -0.15) is 0 Å². The number of hydrogen-bond donors (Lipinski definition) is 2. The van der Waals surface area contributed by atoms with E-state index in [4.69, 9.17) is 0 Å². The fraction of sp³-hybridized carbons (Fsp3) is 0.632. The van der Waals surface area contributed by atoms with E-state index >= 15 is 0 Å². The summed E-state index contributed by atoms with van der Waals surface area (Å²) in [5, 5.41) is 20.6. The zero-order valence-electron chi connectivity index (χ0n) is 15.7. The summed E-state index contributed by atoms with van der Waals surface area (Å²) in [6.45, 7) is 15.3. The van der Waals surface area contributed by atoms with Crippen LogP contribution in [0.3, 0.4) is 0 Å². The largest absolute Gasteiger partial charge is 0.394 e. The molecule has 0 aliphatic heterocycles. The SMILES string of the molecule is CC(C)(C)C1=CC(=CN(O)C(C)(C)CO)C=C(C(C)(C)C)C1=O. The molecule has 0 spiro atoms. The quantitative estimate of drug-likeness (QED) is 0.775. The van der Waals surface area contributed by atoms with E-state index in [-0.39, 0.29) is 23.2 Å². The van der Waals surface area contributed by atoms with Gasteiger partial charge in [-0.1, -0.05) is 41.5 Å². The highest BCUT2D eigenvalue weighted by Gasteiger charge is 2.34. The maximum atomic E-state index is 12.8. The Bertz CT molecular complexity index is 530. The van der Waals surface area contributed by atoms with Gasteiger partial charge in [-0.05, 0) is 42.4 Å². The minimum absolute atomic E-state index is 0.0630. The normalized spacial score (nSPS) is 17.0. The van der Waals surface area contributed by atoms with Crippen molar-refractivity contribution < 1.29 is 15.1 Å². The van der Waals surface area contributed by atoms with Crippen LogP contribution in [0.25, 0.3) is 0 Å². The van der Waals surface area contributed by atoms with Crippen molar-refractivity contribution in [1.29, 1.82) is 0 Å². The molecule has 2 N–H and O–H groups in total. The lowest BCUT2D eigenvalue weighted by atomic mass is 9.72. The molecule has 23 heavy (non-hydrogen) atoms. The molecule has 0 unspecified atom stereocenters. The Balaban J connectivity index is 3.42. The summed E-state index contributed by atoms with van der Waals surface area (Å²) in [4.78, 5) is 12.8. The molecule has 1 aliphatic rings. The third-order valence-corrected chi connectivity index (χ3v) is 4.01. The minimum atomic E-state index is -0.792. The van der Waals surface area contributed by atoms with Crippen molar-refractivity contribution in [2.45, 2.75) is 60.9 Å². The molecule has 130 valence electrons. The van der Waals surface area contributed by atoms with Crippen LogP contribution in [0.5, 0.6) is 0 Å². The lowest BCUT2D eigenvalue weighted by Crippen LogP contribution is -2.41. The van der Waals surface area contributed by atoms with Crippen molar-refractivity contribution in [3.05, 3.63) is 35.1 Å². The minimum Gasteiger partial charge on any atom is -0.394 e.